The van der Waals surface area contributed by atoms with Gasteiger partial charge < -0.3 is 5.11 Å². The van der Waals surface area contributed by atoms with Crippen LogP contribution in [0.1, 0.15) is 39.5 Å². The fourth-order valence-corrected chi connectivity index (χ4v) is 1.68. The van der Waals surface area contributed by atoms with Crippen LogP contribution in [0.15, 0.2) is 0 Å². The van der Waals surface area contributed by atoms with Gasteiger partial charge in [-0.3, -0.25) is 4.79 Å². The molecule has 1 fully saturated rings. The lowest BCUT2D eigenvalue weighted by atomic mass is 9.71. The normalized spacial score (nSPS) is 39.2. The number of carbonyl (C=O) groups excluding carboxylic acids is 1. The summed E-state index contributed by atoms with van der Waals surface area (Å²) in [5, 5.41) is 9.58. The maximum absolute atomic E-state index is 11.4. The molecule has 0 aromatic rings. The molecule has 1 aliphatic carbocycles. The minimum absolute atomic E-state index is 0.235. The fraction of sp³-hybridized carbons (Fsp3) is 0.889. The van der Waals surface area contributed by atoms with E-state index in [9.17, 15) is 9.90 Å². The Morgan fingerprint density at radius 3 is 2.73 bits per heavy atom. The molecule has 2 heteroatoms. The van der Waals surface area contributed by atoms with E-state index in [4.69, 9.17) is 0 Å². The number of carbonyl (C=O) groups is 1. The van der Waals surface area contributed by atoms with Gasteiger partial charge in [-0.05, 0) is 19.3 Å². The molecule has 64 valence electrons. The number of hydrogen-bond acceptors (Lipinski definition) is 2. The molecule has 1 rings (SSSR count). The zero-order valence-corrected chi connectivity index (χ0v) is 7.26. The third-order valence-corrected chi connectivity index (χ3v) is 2.99. The summed E-state index contributed by atoms with van der Waals surface area (Å²) in [6, 6.07) is 0. The molecule has 1 aliphatic rings. The molecular formula is C9H16O2. The van der Waals surface area contributed by atoms with Crippen LogP contribution < -0.4 is 0 Å². The van der Waals surface area contributed by atoms with E-state index in [1.807, 2.05) is 13.8 Å². The minimum atomic E-state index is -0.446. The highest BCUT2D eigenvalue weighted by Gasteiger charge is 2.40. The SMILES string of the molecule is CC[C@@]1(C)C(=O)CCC[C@H]1O. The van der Waals surface area contributed by atoms with Gasteiger partial charge in [-0.1, -0.05) is 13.8 Å². The average molecular weight is 156 g/mol. The Labute approximate surface area is 67.6 Å². The zero-order valence-electron chi connectivity index (χ0n) is 7.26. The Kier molecular flexibility index (Phi) is 2.33. The van der Waals surface area contributed by atoms with Crippen LogP contribution in [0.3, 0.4) is 0 Å². The van der Waals surface area contributed by atoms with Crippen molar-refractivity contribution in [1.82, 2.24) is 0 Å². The van der Waals surface area contributed by atoms with Crippen molar-refractivity contribution in [2.45, 2.75) is 45.6 Å². The second-order valence-electron chi connectivity index (χ2n) is 3.60. The van der Waals surface area contributed by atoms with Crippen molar-refractivity contribution in [3.63, 3.8) is 0 Å². The molecule has 0 bridgehead atoms. The number of aliphatic hydroxyl groups is 1. The van der Waals surface area contributed by atoms with E-state index in [1.165, 1.54) is 0 Å². The van der Waals surface area contributed by atoms with Gasteiger partial charge in [0.2, 0.25) is 0 Å². The van der Waals surface area contributed by atoms with Crippen LogP contribution in [0.25, 0.3) is 0 Å². The summed E-state index contributed by atoms with van der Waals surface area (Å²) in [6.45, 7) is 3.84. The second kappa shape index (κ2) is 2.94. The molecule has 0 heterocycles. The lowest BCUT2D eigenvalue weighted by molar-refractivity contribution is -0.138. The van der Waals surface area contributed by atoms with Crippen LogP contribution in [0.4, 0.5) is 0 Å². The Morgan fingerprint density at radius 2 is 2.36 bits per heavy atom. The van der Waals surface area contributed by atoms with Gasteiger partial charge in [0.15, 0.2) is 0 Å². The van der Waals surface area contributed by atoms with Gasteiger partial charge >= 0.3 is 0 Å². The van der Waals surface area contributed by atoms with E-state index in [2.05, 4.69) is 0 Å². The van der Waals surface area contributed by atoms with Crippen molar-refractivity contribution in [2.24, 2.45) is 5.41 Å². The summed E-state index contributed by atoms with van der Waals surface area (Å²) in [5.41, 5.74) is -0.446. The highest BCUT2D eigenvalue weighted by molar-refractivity contribution is 5.85. The molecule has 0 unspecified atom stereocenters. The van der Waals surface area contributed by atoms with Crippen LogP contribution in [0.5, 0.6) is 0 Å². The van der Waals surface area contributed by atoms with Gasteiger partial charge in [-0.2, -0.15) is 0 Å². The van der Waals surface area contributed by atoms with Crippen LogP contribution in [-0.4, -0.2) is 17.0 Å². The van der Waals surface area contributed by atoms with Gasteiger partial charge in [0, 0.05) is 6.42 Å². The van der Waals surface area contributed by atoms with Crippen molar-refractivity contribution in [3.8, 4) is 0 Å². The summed E-state index contributed by atoms with van der Waals surface area (Å²) < 4.78 is 0. The van der Waals surface area contributed by atoms with Crippen LogP contribution in [0.2, 0.25) is 0 Å². The molecular weight excluding hydrogens is 140 g/mol. The third-order valence-electron chi connectivity index (χ3n) is 2.99. The number of hydrogen-bond donors (Lipinski definition) is 1. The van der Waals surface area contributed by atoms with Crippen LogP contribution in [-0.2, 0) is 4.79 Å². The van der Waals surface area contributed by atoms with Crippen LogP contribution >= 0.6 is 0 Å². The zero-order chi connectivity index (χ0) is 8.48. The summed E-state index contributed by atoms with van der Waals surface area (Å²) in [6.07, 6.45) is 2.65. The molecule has 2 nitrogen and oxygen atoms in total. The van der Waals surface area contributed by atoms with E-state index in [0.29, 0.717) is 6.42 Å². The average Bonchev–Trinajstić information content (AvgIpc) is 2.00. The van der Waals surface area contributed by atoms with Crippen molar-refractivity contribution in [2.75, 3.05) is 0 Å². The summed E-state index contributed by atoms with van der Waals surface area (Å²) in [4.78, 5) is 11.4. The highest BCUT2D eigenvalue weighted by Crippen LogP contribution is 2.35. The monoisotopic (exact) mass is 156 g/mol. The second-order valence-corrected chi connectivity index (χ2v) is 3.60. The molecule has 0 spiro atoms. The number of Topliss-reactive ketones (excluding diaryl/α,β-unsaturated/α-hetero) is 1. The molecule has 0 radical (unpaired) electrons. The Balaban J connectivity index is 2.77. The standard InChI is InChI=1S/C9H16O2/c1-3-9(2)7(10)5-4-6-8(9)11/h7,10H,3-6H2,1-2H3/t7-,9-/m1/s1. The Bertz CT molecular complexity index is 165. The number of aliphatic hydroxyl groups excluding tert-OH is 1. The van der Waals surface area contributed by atoms with Gasteiger partial charge in [0.05, 0.1) is 11.5 Å². The molecule has 11 heavy (non-hydrogen) atoms. The molecule has 1 saturated carbocycles. The summed E-state index contributed by atoms with van der Waals surface area (Å²) in [7, 11) is 0. The quantitative estimate of drug-likeness (QED) is 0.625. The van der Waals surface area contributed by atoms with E-state index >= 15 is 0 Å². The Hall–Kier alpha value is -0.370. The minimum Gasteiger partial charge on any atom is -0.392 e. The topological polar surface area (TPSA) is 37.3 Å². The molecule has 0 aliphatic heterocycles. The molecule has 1 N–H and O–H groups in total. The van der Waals surface area contributed by atoms with E-state index < -0.39 is 11.5 Å². The van der Waals surface area contributed by atoms with Crippen LogP contribution in [0, 0.1) is 5.41 Å². The maximum atomic E-state index is 11.4. The van der Waals surface area contributed by atoms with E-state index in [1.54, 1.807) is 0 Å². The van der Waals surface area contributed by atoms with Gasteiger partial charge in [0.1, 0.15) is 5.78 Å². The number of rotatable bonds is 1. The predicted molar refractivity (Wildman–Crippen MR) is 43.3 cm³/mol. The van der Waals surface area contributed by atoms with Crippen molar-refractivity contribution in [3.05, 3.63) is 0 Å². The van der Waals surface area contributed by atoms with Crippen molar-refractivity contribution < 1.29 is 9.90 Å². The Morgan fingerprint density at radius 1 is 1.73 bits per heavy atom. The highest BCUT2D eigenvalue weighted by atomic mass is 16.3. The van der Waals surface area contributed by atoms with E-state index in [0.717, 1.165) is 19.3 Å². The molecule has 2 atom stereocenters. The summed E-state index contributed by atoms with van der Waals surface area (Å²) in [5.74, 6) is 0.235. The third kappa shape index (κ3) is 1.32. The van der Waals surface area contributed by atoms with Gasteiger partial charge in [-0.15, -0.1) is 0 Å². The first-order valence-corrected chi connectivity index (χ1v) is 4.32. The predicted octanol–water partition coefficient (Wildman–Crippen LogP) is 1.52. The maximum Gasteiger partial charge on any atom is 0.141 e. The molecule has 0 aromatic carbocycles. The number of ketones is 1. The largest absolute Gasteiger partial charge is 0.392 e. The lowest BCUT2D eigenvalue weighted by Gasteiger charge is -2.35. The molecule has 0 aromatic heterocycles. The van der Waals surface area contributed by atoms with E-state index in [-0.39, 0.29) is 5.78 Å². The first-order chi connectivity index (χ1) is 5.11. The van der Waals surface area contributed by atoms with Gasteiger partial charge in [-0.25, -0.2) is 0 Å². The first kappa shape index (κ1) is 8.72. The summed E-state index contributed by atoms with van der Waals surface area (Å²) >= 11 is 0. The molecule has 0 saturated heterocycles. The van der Waals surface area contributed by atoms with Crippen molar-refractivity contribution >= 4 is 5.78 Å². The van der Waals surface area contributed by atoms with Crippen molar-refractivity contribution in [1.29, 1.82) is 0 Å². The van der Waals surface area contributed by atoms with Gasteiger partial charge in [0.25, 0.3) is 0 Å². The fourth-order valence-electron chi connectivity index (χ4n) is 1.68. The molecule has 0 amide bonds. The smallest absolute Gasteiger partial charge is 0.141 e. The lowest BCUT2D eigenvalue weighted by Crippen LogP contribution is -2.42. The first-order valence-electron chi connectivity index (χ1n) is 4.32.